The molecule has 8 rings (SSSR count). The molecule has 15 heteroatoms. The van der Waals surface area contributed by atoms with Crippen LogP contribution in [0.2, 0.25) is 0 Å². The average Bonchev–Trinajstić information content (AvgIpc) is 3.58. The maximum atomic E-state index is 13.7. The topological polar surface area (TPSA) is 151 Å². The van der Waals surface area contributed by atoms with Crippen molar-refractivity contribution in [2.24, 2.45) is 12.5 Å². The lowest BCUT2D eigenvalue weighted by molar-refractivity contribution is -0.135. The second kappa shape index (κ2) is 14.3. The first-order chi connectivity index (χ1) is 25.6. The molecule has 0 bridgehead atoms. The van der Waals surface area contributed by atoms with Crippen LogP contribution in [-0.2, 0) is 16.6 Å². The van der Waals surface area contributed by atoms with Crippen molar-refractivity contribution in [1.29, 1.82) is 0 Å². The second-order valence-corrected chi connectivity index (χ2v) is 16.2. The minimum absolute atomic E-state index is 0.0988. The number of amides is 3. The number of anilines is 2. The highest BCUT2D eigenvalue weighted by Gasteiger charge is 2.39. The van der Waals surface area contributed by atoms with Crippen molar-refractivity contribution >= 4 is 56.1 Å². The summed E-state index contributed by atoms with van der Waals surface area (Å²) in [6.07, 6.45) is 7.42. The molecule has 53 heavy (non-hydrogen) atoms. The van der Waals surface area contributed by atoms with Crippen LogP contribution in [0.3, 0.4) is 0 Å². The quantitative estimate of drug-likeness (QED) is 0.277. The maximum Gasteiger partial charge on any atom is 0.282 e. The number of nitrogens with one attached hydrogen (secondary N) is 2. The Morgan fingerprint density at radius 2 is 1.70 bits per heavy atom. The number of hydrogen-bond acceptors (Lipinski definition) is 10. The van der Waals surface area contributed by atoms with E-state index < -0.39 is 6.04 Å². The highest BCUT2D eigenvalue weighted by atomic mass is 79.9. The number of nitrogens with zero attached hydrogens (tertiary/aromatic N) is 8. The summed E-state index contributed by atoms with van der Waals surface area (Å²) in [4.78, 5) is 57.0. The third-order valence-corrected chi connectivity index (χ3v) is 12.7. The molecular formula is C38H45BrN10O4. The minimum atomic E-state index is -0.543. The van der Waals surface area contributed by atoms with Crippen LogP contribution < -0.4 is 21.1 Å². The van der Waals surface area contributed by atoms with Crippen LogP contribution in [0, 0.1) is 5.41 Å². The maximum absolute atomic E-state index is 13.7. The number of rotatable bonds is 6. The van der Waals surface area contributed by atoms with Crippen molar-refractivity contribution < 1.29 is 14.4 Å². The number of benzene rings is 2. The molecule has 3 atom stereocenters. The van der Waals surface area contributed by atoms with Crippen LogP contribution in [0.15, 0.2) is 57.9 Å². The highest BCUT2D eigenvalue weighted by Crippen LogP contribution is 2.43. The molecule has 4 aliphatic heterocycles. The van der Waals surface area contributed by atoms with Crippen molar-refractivity contribution in [3.05, 3.63) is 74.6 Å². The van der Waals surface area contributed by atoms with Gasteiger partial charge in [-0.2, -0.15) is 5.10 Å². The smallest absolute Gasteiger partial charge is 0.282 e. The van der Waals surface area contributed by atoms with Crippen LogP contribution in [-0.4, -0.2) is 105 Å². The van der Waals surface area contributed by atoms with E-state index in [1.807, 2.05) is 23.1 Å². The molecule has 2 aromatic heterocycles. The number of halogens is 1. The van der Waals surface area contributed by atoms with Gasteiger partial charge in [0.15, 0.2) is 0 Å². The number of imide groups is 1. The number of likely N-dealkylation sites (N-methyl/N-ethyl adjacent to an activating group) is 1. The van der Waals surface area contributed by atoms with Gasteiger partial charge in [0.2, 0.25) is 5.91 Å². The predicted molar refractivity (Wildman–Crippen MR) is 204 cm³/mol. The van der Waals surface area contributed by atoms with Crippen LogP contribution in [0.25, 0.3) is 11.0 Å². The number of fused-ring (bicyclic) bond motifs is 1. The monoisotopic (exact) mass is 784 g/mol. The molecule has 3 amide bonds. The van der Waals surface area contributed by atoms with Crippen LogP contribution in [0.5, 0.6) is 0 Å². The summed E-state index contributed by atoms with van der Waals surface area (Å²) in [5.41, 5.74) is 5.31. The van der Waals surface area contributed by atoms with Crippen molar-refractivity contribution in [1.82, 2.24) is 39.9 Å². The summed E-state index contributed by atoms with van der Waals surface area (Å²) in [6.45, 7) is 5.15. The highest BCUT2D eigenvalue weighted by molar-refractivity contribution is 9.10. The zero-order valence-corrected chi connectivity index (χ0v) is 31.7. The zero-order valence-electron chi connectivity index (χ0n) is 30.1. The van der Waals surface area contributed by atoms with E-state index in [2.05, 4.69) is 83.1 Å². The number of aryl methyl sites for hydroxylation is 1. The third kappa shape index (κ3) is 7.08. The Hall–Kier alpha value is -4.63. The molecule has 1 spiro atoms. The lowest BCUT2D eigenvalue weighted by Gasteiger charge is -2.47. The standard InChI is InChI=1S/C38H45BrN10O4/c1-45-22-26(19-27(23-45)41-30-21-40-46(2)37(53)34(30)39)24-3-5-25(6-4-24)36(52)48-17-13-38(14-18-48)11-15-47(16-12-38)28-7-8-29-32(20-28)49(44-43-29)31-9-10-33(50)42-35(31)51/h3-8,20-21,26-27,31,41H,9-19,22-23H2,1-2H3,(H,42,50,51). The lowest BCUT2D eigenvalue weighted by Crippen LogP contribution is -2.48. The normalized spacial score (nSPS) is 23.7. The Balaban J connectivity index is 0.854. The number of likely N-dealkylation sites (tertiary alicyclic amines) is 2. The Labute approximate surface area is 316 Å². The van der Waals surface area contributed by atoms with E-state index >= 15 is 0 Å². The van der Waals surface area contributed by atoms with E-state index in [4.69, 9.17) is 0 Å². The summed E-state index contributed by atoms with van der Waals surface area (Å²) < 4.78 is 3.46. The van der Waals surface area contributed by atoms with E-state index in [-0.39, 0.29) is 41.2 Å². The van der Waals surface area contributed by atoms with Gasteiger partial charge in [0, 0.05) is 70.0 Å². The van der Waals surface area contributed by atoms with Crippen LogP contribution in [0.1, 0.15) is 72.8 Å². The molecule has 6 heterocycles. The van der Waals surface area contributed by atoms with E-state index in [0.29, 0.717) is 22.5 Å². The first-order valence-corrected chi connectivity index (χ1v) is 19.3. The number of aromatic nitrogens is 5. The van der Waals surface area contributed by atoms with Gasteiger partial charge in [-0.3, -0.25) is 24.5 Å². The molecule has 3 unspecified atom stereocenters. The summed E-state index contributed by atoms with van der Waals surface area (Å²) in [7, 11) is 3.75. The average molecular weight is 786 g/mol. The first kappa shape index (κ1) is 35.4. The third-order valence-electron chi connectivity index (χ3n) is 12.0. The molecule has 14 nitrogen and oxygen atoms in total. The molecule has 0 aliphatic carbocycles. The van der Waals surface area contributed by atoms with E-state index in [1.54, 1.807) is 17.9 Å². The SMILES string of the molecule is CN1CC(Nc2cnn(C)c(=O)c2Br)CC(c2ccc(C(=O)N3CCC4(CC3)CCN(c3ccc5nnn(C6CCC(=O)NC6=O)c5c3)CC4)cc2)C1. The minimum Gasteiger partial charge on any atom is -0.379 e. The molecule has 4 fully saturated rings. The Morgan fingerprint density at radius 3 is 2.43 bits per heavy atom. The summed E-state index contributed by atoms with van der Waals surface area (Å²) >= 11 is 3.43. The number of hydrogen-bond donors (Lipinski definition) is 2. The largest absolute Gasteiger partial charge is 0.379 e. The molecule has 0 saturated carbocycles. The molecule has 2 N–H and O–H groups in total. The van der Waals surface area contributed by atoms with Crippen molar-refractivity contribution in [3.8, 4) is 0 Å². The van der Waals surface area contributed by atoms with Crippen LogP contribution >= 0.6 is 15.9 Å². The van der Waals surface area contributed by atoms with Crippen LogP contribution in [0.4, 0.5) is 11.4 Å². The second-order valence-electron chi connectivity index (χ2n) is 15.4. The number of piperidine rings is 4. The van der Waals surface area contributed by atoms with Gasteiger partial charge in [0.25, 0.3) is 17.4 Å². The Morgan fingerprint density at radius 1 is 0.962 bits per heavy atom. The van der Waals surface area contributed by atoms with Crippen molar-refractivity contribution in [2.75, 3.05) is 56.5 Å². The molecule has 4 saturated heterocycles. The molecule has 2 aromatic carbocycles. The van der Waals surface area contributed by atoms with Gasteiger partial charge in [-0.1, -0.05) is 17.3 Å². The molecule has 278 valence electrons. The fraction of sp³-hybridized carbons (Fsp3) is 0.500. The van der Waals surface area contributed by atoms with E-state index in [0.717, 1.165) is 93.7 Å². The summed E-state index contributed by atoms with van der Waals surface area (Å²) in [5, 5.41) is 18.7. The van der Waals surface area contributed by atoms with Gasteiger partial charge >= 0.3 is 0 Å². The molecular weight excluding hydrogens is 740 g/mol. The molecule has 0 radical (unpaired) electrons. The van der Waals surface area contributed by atoms with Gasteiger partial charge in [-0.05, 0) is 109 Å². The number of carbonyl (C=O) groups excluding carboxylic acids is 3. The summed E-state index contributed by atoms with van der Waals surface area (Å²) in [5.74, 6) is -0.189. The van der Waals surface area contributed by atoms with Gasteiger partial charge in [-0.15, -0.1) is 5.10 Å². The summed E-state index contributed by atoms with van der Waals surface area (Å²) in [6, 6.07) is 13.9. The first-order valence-electron chi connectivity index (χ1n) is 18.6. The lowest BCUT2D eigenvalue weighted by atomic mass is 9.71. The van der Waals surface area contributed by atoms with Gasteiger partial charge in [0.1, 0.15) is 16.0 Å². The fourth-order valence-electron chi connectivity index (χ4n) is 8.77. The van der Waals surface area contributed by atoms with Crippen molar-refractivity contribution in [3.63, 3.8) is 0 Å². The van der Waals surface area contributed by atoms with Gasteiger partial charge in [0.05, 0.1) is 17.4 Å². The van der Waals surface area contributed by atoms with E-state index in [1.165, 1.54) is 10.2 Å². The van der Waals surface area contributed by atoms with Gasteiger partial charge in [-0.25, -0.2) is 9.36 Å². The van der Waals surface area contributed by atoms with E-state index in [9.17, 15) is 19.2 Å². The van der Waals surface area contributed by atoms with Crippen molar-refractivity contribution in [2.45, 2.75) is 62.9 Å². The number of carbonyl (C=O) groups is 3. The van der Waals surface area contributed by atoms with Gasteiger partial charge < -0.3 is 20.0 Å². The fourth-order valence-corrected chi connectivity index (χ4v) is 9.24. The zero-order chi connectivity index (χ0) is 36.9. The Kier molecular flexibility index (Phi) is 9.56. The molecule has 4 aliphatic rings. The predicted octanol–water partition coefficient (Wildman–Crippen LogP) is 3.69. The molecule has 4 aromatic rings. The Bertz CT molecular complexity index is 2100.